The van der Waals surface area contributed by atoms with Crippen molar-refractivity contribution < 1.29 is 14.6 Å². The highest BCUT2D eigenvalue weighted by Crippen LogP contribution is 2.26. The maximum Gasteiger partial charge on any atom is 0.255 e. The molecule has 0 spiro atoms. The first kappa shape index (κ1) is 14.6. The predicted octanol–water partition coefficient (Wildman–Crippen LogP) is 2.67. The number of alkyl halides is 1. The number of hydrogen-bond donors (Lipinski definition) is 2. The smallest absolute Gasteiger partial charge is 0.255 e. The summed E-state index contributed by atoms with van der Waals surface area (Å²) in [5.74, 6) is -0.0320. The fourth-order valence-electron chi connectivity index (χ4n) is 2.05. The number of phenols is 1. The normalized spacial score (nSPS) is 18.0. The number of amides is 1. The van der Waals surface area contributed by atoms with Gasteiger partial charge in [0.05, 0.1) is 11.1 Å². The molecule has 0 atom stereocenters. The van der Waals surface area contributed by atoms with Crippen molar-refractivity contribution in [2.75, 3.05) is 19.1 Å². The summed E-state index contributed by atoms with van der Waals surface area (Å²) in [4.78, 5) is 12.3. The van der Waals surface area contributed by atoms with Crippen molar-refractivity contribution >= 4 is 33.4 Å². The molecule has 2 N–H and O–H groups in total. The lowest BCUT2D eigenvalue weighted by Gasteiger charge is -2.36. The third-order valence-electron chi connectivity index (χ3n) is 3.29. The summed E-state index contributed by atoms with van der Waals surface area (Å²) < 4.78 is 6.03. The van der Waals surface area contributed by atoms with Crippen LogP contribution >= 0.6 is 27.5 Å². The van der Waals surface area contributed by atoms with Crippen molar-refractivity contribution in [3.05, 3.63) is 28.2 Å². The summed E-state index contributed by atoms with van der Waals surface area (Å²) >= 11 is 9.28. The second kappa shape index (κ2) is 6.11. The predicted molar refractivity (Wildman–Crippen MR) is 76.8 cm³/mol. The summed E-state index contributed by atoms with van der Waals surface area (Å²) in [6.07, 6.45) is 1.36. The average molecular weight is 349 g/mol. The zero-order valence-electron chi connectivity index (χ0n) is 10.3. The molecule has 2 rings (SSSR count). The van der Waals surface area contributed by atoms with E-state index in [0.29, 0.717) is 31.9 Å². The van der Waals surface area contributed by atoms with Crippen LogP contribution in [0.25, 0.3) is 0 Å². The van der Waals surface area contributed by atoms with E-state index in [0.717, 1.165) is 4.47 Å². The molecular formula is C13H15BrClNO3. The molecule has 0 bridgehead atoms. The molecule has 1 amide bonds. The van der Waals surface area contributed by atoms with Crippen LogP contribution in [0.1, 0.15) is 23.2 Å². The summed E-state index contributed by atoms with van der Waals surface area (Å²) in [5.41, 5.74) is -0.212. The Morgan fingerprint density at radius 1 is 1.47 bits per heavy atom. The van der Waals surface area contributed by atoms with Gasteiger partial charge in [-0.2, -0.15) is 0 Å². The molecule has 4 nitrogen and oxygen atoms in total. The molecule has 1 fully saturated rings. The number of benzene rings is 1. The molecule has 1 aromatic carbocycles. The maximum absolute atomic E-state index is 12.3. The van der Waals surface area contributed by atoms with Gasteiger partial charge in [0.2, 0.25) is 0 Å². The lowest BCUT2D eigenvalue weighted by Crippen LogP contribution is -2.53. The van der Waals surface area contributed by atoms with Gasteiger partial charge in [0.1, 0.15) is 5.75 Å². The summed E-state index contributed by atoms with van der Waals surface area (Å²) in [7, 11) is 0. The number of halogens is 2. The van der Waals surface area contributed by atoms with Crippen LogP contribution in [-0.4, -0.2) is 35.6 Å². The van der Waals surface area contributed by atoms with E-state index in [1.165, 1.54) is 6.07 Å². The molecule has 104 valence electrons. The number of rotatable bonds is 3. The minimum atomic E-state index is -0.453. The first-order valence-corrected chi connectivity index (χ1v) is 7.34. The van der Waals surface area contributed by atoms with Gasteiger partial charge >= 0.3 is 0 Å². The highest BCUT2D eigenvalue weighted by atomic mass is 79.9. The number of aromatic hydroxyl groups is 1. The molecular weight excluding hydrogens is 334 g/mol. The Balaban J connectivity index is 2.17. The van der Waals surface area contributed by atoms with Crippen LogP contribution in [0.5, 0.6) is 5.75 Å². The Labute approximate surface area is 125 Å². The molecule has 19 heavy (non-hydrogen) atoms. The third kappa shape index (κ3) is 3.41. The standard InChI is InChI=1S/C13H15BrClNO3/c14-9-1-2-11(17)10(7-9)12(18)16-13(8-15)3-5-19-6-4-13/h1-2,7,17H,3-6,8H2,(H,16,18). The third-order valence-corrected chi connectivity index (χ3v) is 4.29. The molecule has 1 aliphatic heterocycles. The number of ether oxygens (including phenoxy) is 1. The minimum Gasteiger partial charge on any atom is -0.507 e. The van der Waals surface area contributed by atoms with Gasteiger partial charge in [0.25, 0.3) is 5.91 Å². The molecule has 1 aliphatic rings. The van der Waals surface area contributed by atoms with Crippen molar-refractivity contribution in [3.8, 4) is 5.75 Å². The summed E-state index contributed by atoms with van der Waals surface area (Å²) in [5, 5.41) is 12.7. The van der Waals surface area contributed by atoms with Crippen LogP contribution in [0.15, 0.2) is 22.7 Å². The van der Waals surface area contributed by atoms with E-state index in [1.54, 1.807) is 12.1 Å². The van der Waals surface area contributed by atoms with Gasteiger partial charge in [-0.25, -0.2) is 0 Å². The van der Waals surface area contributed by atoms with Gasteiger partial charge in [0.15, 0.2) is 0 Å². The van der Waals surface area contributed by atoms with Crippen LogP contribution in [0.3, 0.4) is 0 Å². The van der Waals surface area contributed by atoms with E-state index < -0.39 is 5.54 Å². The largest absolute Gasteiger partial charge is 0.507 e. The van der Waals surface area contributed by atoms with E-state index in [1.807, 2.05) is 0 Å². The van der Waals surface area contributed by atoms with Crippen LogP contribution < -0.4 is 5.32 Å². The molecule has 0 aliphatic carbocycles. The fourth-order valence-corrected chi connectivity index (χ4v) is 2.75. The van der Waals surface area contributed by atoms with E-state index in [-0.39, 0.29) is 17.2 Å². The average Bonchev–Trinajstić information content (AvgIpc) is 2.42. The molecule has 0 saturated carbocycles. The fraction of sp³-hybridized carbons (Fsp3) is 0.462. The van der Waals surface area contributed by atoms with E-state index in [4.69, 9.17) is 16.3 Å². The van der Waals surface area contributed by atoms with Gasteiger partial charge in [-0.15, -0.1) is 11.6 Å². The lowest BCUT2D eigenvalue weighted by atomic mass is 9.91. The van der Waals surface area contributed by atoms with Crippen LogP contribution in [0.4, 0.5) is 0 Å². The molecule has 1 saturated heterocycles. The molecule has 1 aromatic rings. The Hall–Kier alpha value is -0.780. The monoisotopic (exact) mass is 347 g/mol. The van der Waals surface area contributed by atoms with E-state index in [9.17, 15) is 9.90 Å². The summed E-state index contributed by atoms with van der Waals surface area (Å²) in [6.45, 7) is 1.16. The Kier molecular flexibility index (Phi) is 4.71. The quantitative estimate of drug-likeness (QED) is 0.826. The molecule has 0 radical (unpaired) electrons. The highest BCUT2D eigenvalue weighted by Gasteiger charge is 2.34. The number of nitrogens with one attached hydrogen (secondary N) is 1. The molecule has 0 aromatic heterocycles. The maximum atomic E-state index is 12.3. The van der Waals surface area contributed by atoms with Crippen LogP contribution in [-0.2, 0) is 4.74 Å². The number of carbonyl (C=O) groups is 1. The van der Waals surface area contributed by atoms with Crippen molar-refractivity contribution in [2.24, 2.45) is 0 Å². The first-order chi connectivity index (χ1) is 9.06. The van der Waals surface area contributed by atoms with Gasteiger partial charge in [0, 0.05) is 23.6 Å². The van der Waals surface area contributed by atoms with E-state index in [2.05, 4.69) is 21.2 Å². The number of carbonyl (C=O) groups excluding carboxylic acids is 1. The van der Waals surface area contributed by atoms with Gasteiger partial charge in [-0.1, -0.05) is 15.9 Å². The van der Waals surface area contributed by atoms with Crippen LogP contribution in [0.2, 0.25) is 0 Å². The van der Waals surface area contributed by atoms with Gasteiger partial charge in [-0.05, 0) is 31.0 Å². The van der Waals surface area contributed by atoms with Crippen molar-refractivity contribution in [2.45, 2.75) is 18.4 Å². The number of phenolic OH excluding ortho intramolecular Hbond substituents is 1. The topological polar surface area (TPSA) is 58.6 Å². The molecule has 6 heteroatoms. The van der Waals surface area contributed by atoms with Crippen molar-refractivity contribution in [1.82, 2.24) is 5.32 Å². The Bertz CT molecular complexity index is 475. The van der Waals surface area contributed by atoms with Crippen molar-refractivity contribution in [3.63, 3.8) is 0 Å². The Morgan fingerprint density at radius 2 is 2.16 bits per heavy atom. The summed E-state index contributed by atoms with van der Waals surface area (Å²) in [6, 6.07) is 4.75. The first-order valence-electron chi connectivity index (χ1n) is 6.01. The Morgan fingerprint density at radius 3 is 2.79 bits per heavy atom. The highest BCUT2D eigenvalue weighted by molar-refractivity contribution is 9.10. The van der Waals surface area contributed by atoms with Crippen LogP contribution in [0, 0.1) is 0 Å². The zero-order valence-corrected chi connectivity index (χ0v) is 12.6. The second-order valence-electron chi connectivity index (χ2n) is 4.64. The van der Waals surface area contributed by atoms with E-state index >= 15 is 0 Å². The molecule has 1 heterocycles. The lowest BCUT2D eigenvalue weighted by molar-refractivity contribution is 0.0433. The second-order valence-corrected chi connectivity index (χ2v) is 5.82. The minimum absolute atomic E-state index is 0.0440. The number of hydrogen-bond acceptors (Lipinski definition) is 3. The van der Waals surface area contributed by atoms with Crippen molar-refractivity contribution in [1.29, 1.82) is 0 Å². The molecule has 0 unspecified atom stereocenters. The zero-order chi connectivity index (χ0) is 13.9. The van der Waals surface area contributed by atoms with Gasteiger partial charge < -0.3 is 15.2 Å². The van der Waals surface area contributed by atoms with Gasteiger partial charge in [-0.3, -0.25) is 4.79 Å². The SMILES string of the molecule is O=C(NC1(CCl)CCOCC1)c1cc(Br)ccc1O.